The van der Waals surface area contributed by atoms with Crippen molar-refractivity contribution in [2.45, 2.75) is 12.8 Å². The zero-order valence-corrected chi connectivity index (χ0v) is 12.0. The highest BCUT2D eigenvalue weighted by molar-refractivity contribution is 8.93. The predicted molar refractivity (Wildman–Crippen MR) is 78.8 cm³/mol. The molecular weight excluding hydrogens is 294 g/mol. The van der Waals surface area contributed by atoms with E-state index in [-0.39, 0.29) is 22.9 Å². The maximum atomic E-state index is 11.5. The number of hydrogen-bond donors (Lipinski definition) is 2. The number of anilines is 2. The van der Waals surface area contributed by atoms with E-state index >= 15 is 0 Å². The van der Waals surface area contributed by atoms with Crippen molar-refractivity contribution < 1.29 is 4.79 Å². The van der Waals surface area contributed by atoms with Gasteiger partial charge in [-0.3, -0.25) is 4.79 Å². The van der Waals surface area contributed by atoms with Crippen molar-refractivity contribution in [2.75, 3.05) is 36.4 Å². The lowest BCUT2D eigenvalue weighted by molar-refractivity contribution is -0.116. The van der Waals surface area contributed by atoms with Gasteiger partial charge in [0.25, 0.3) is 0 Å². The molecular formula is C13H18BrN3O. The highest BCUT2D eigenvalue weighted by Gasteiger charge is 2.21. The molecule has 0 aliphatic carbocycles. The van der Waals surface area contributed by atoms with Gasteiger partial charge in [0.05, 0.1) is 11.4 Å². The molecule has 0 spiro atoms. The van der Waals surface area contributed by atoms with Crippen molar-refractivity contribution in [2.24, 2.45) is 0 Å². The van der Waals surface area contributed by atoms with Crippen LogP contribution in [0.1, 0.15) is 12.0 Å². The lowest BCUT2D eigenvalue weighted by atomic mass is 10.0. The molecule has 1 aromatic carbocycles. The average Bonchev–Trinajstić information content (AvgIpc) is 2.39. The molecule has 0 atom stereocenters. The van der Waals surface area contributed by atoms with E-state index in [0.717, 1.165) is 38.3 Å². The molecule has 0 aromatic heterocycles. The number of carbonyl (C=O) groups excluding carboxylic acids is 1. The van der Waals surface area contributed by atoms with Crippen LogP contribution in [0.2, 0.25) is 0 Å². The maximum absolute atomic E-state index is 11.5. The molecule has 1 fully saturated rings. The van der Waals surface area contributed by atoms with Crippen LogP contribution in [0.3, 0.4) is 0 Å². The lowest BCUT2D eigenvalue weighted by Gasteiger charge is -2.32. The van der Waals surface area contributed by atoms with Gasteiger partial charge in [0, 0.05) is 32.6 Å². The summed E-state index contributed by atoms with van der Waals surface area (Å²) in [7, 11) is 0. The van der Waals surface area contributed by atoms with E-state index in [1.807, 2.05) is 0 Å². The zero-order valence-electron chi connectivity index (χ0n) is 10.2. The molecule has 2 aliphatic rings. The van der Waals surface area contributed by atoms with Crippen LogP contribution in [0, 0.1) is 0 Å². The van der Waals surface area contributed by atoms with Gasteiger partial charge in [-0.25, -0.2) is 0 Å². The highest BCUT2D eigenvalue weighted by Crippen LogP contribution is 2.33. The summed E-state index contributed by atoms with van der Waals surface area (Å²) in [4.78, 5) is 13.9. The van der Waals surface area contributed by atoms with Crippen LogP contribution in [-0.4, -0.2) is 32.1 Å². The summed E-state index contributed by atoms with van der Waals surface area (Å²) in [6.07, 6.45) is 1.47. The summed E-state index contributed by atoms with van der Waals surface area (Å²) >= 11 is 0. The molecule has 0 unspecified atom stereocenters. The maximum Gasteiger partial charge on any atom is 0.224 e. The molecule has 98 valence electrons. The van der Waals surface area contributed by atoms with Gasteiger partial charge >= 0.3 is 0 Å². The summed E-state index contributed by atoms with van der Waals surface area (Å²) in [5.74, 6) is 0.139. The van der Waals surface area contributed by atoms with E-state index in [9.17, 15) is 4.79 Å². The number of halogens is 1. The fraction of sp³-hybridized carbons (Fsp3) is 0.462. The first-order valence-corrected chi connectivity index (χ1v) is 6.22. The van der Waals surface area contributed by atoms with Crippen LogP contribution in [0.15, 0.2) is 18.2 Å². The lowest BCUT2D eigenvalue weighted by Crippen LogP contribution is -2.44. The summed E-state index contributed by atoms with van der Waals surface area (Å²) in [5.41, 5.74) is 3.48. The van der Waals surface area contributed by atoms with Crippen LogP contribution >= 0.6 is 17.0 Å². The number of fused-ring (bicyclic) bond motifs is 1. The second-order valence-corrected chi connectivity index (χ2v) is 4.60. The van der Waals surface area contributed by atoms with Crippen molar-refractivity contribution in [1.29, 1.82) is 0 Å². The number of nitrogens with one attached hydrogen (secondary N) is 2. The Hall–Kier alpha value is -1.07. The Morgan fingerprint density at radius 3 is 2.67 bits per heavy atom. The number of aryl methyl sites for hydroxylation is 1. The number of para-hydroxylation sites is 1. The van der Waals surface area contributed by atoms with Crippen LogP contribution in [-0.2, 0) is 11.2 Å². The fourth-order valence-electron chi connectivity index (χ4n) is 2.56. The minimum absolute atomic E-state index is 0. The molecule has 1 saturated heterocycles. The predicted octanol–water partition coefficient (Wildman–Crippen LogP) is 1.56. The molecule has 3 rings (SSSR count). The van der Waals surface area contributed by atoms with Crippen molar-refractivity contribution in [3.63, 3.8) is 0 Å². The first-order valence-electron chi connectivity index (χ1n) is 6.22. The molecule has 18 heavy (non-hydrogen) atoms. The molecule has 2 heterocycles. The monoisotopic (exact) mass is 311 g/mol. The van der Waals surface area contributed by atoms with Gasteiger partial charge in [0.15, 0.2) is 0 Å². The number of piperazine rings is 1. The molecule has 5 heteroatoms. The van der Waals surface area contributed by atoms with Crippen molar-refractivity contribution in [3.8, 4) is 0 Å². The number of amides is 1. The Labute approximate surface area is 118 Å². The molecule has 0 saturated carbocycles. The number of benzene rings is 1. The Morgan fingerprint density at radius 2 is 1.89 bits per heavy atom. The van der Waals surface area contributed by atoms with Gasteiger partial charge in [0.2, 0.25) is 5.91 Å². The number of hydrogen-bond acceptors (Lipinski definition) is 3. The summed E-state index contributed by atoms with van der Waals surface area (Å²) in [6, 6.07) is 6.31. The Kier molecular flexibility index (Phi) is 4.24. The quantitative estimate of drug-likeness (QED) is 0.827. The van der Waals surface area contributed by atoms with Crippen LogP contribution in [0.5, 0.6) is 0 Å². The summed E-state index contributed by atoms with van der Waals surface area (Å²) < 4.78 is 0. The van der Waals surface area contributed by atoms with Gasteiger partial charge in [-0.15, -0.1) is 17.0 Å². The Balaban J connectivity index is 0.00000120. The fourth-order valence-corrected chi connectivity index (χ4v) is 2.56. The minimum Gasteiger partial charge on any atom is -0.367 e. The Bertz CT molecular complexity index is 444. The van der Waals surface area contributed by atoms with Crippen LogP contribution in [0.4, 0.5) is 11.4 Å². The molecule has 1 aromatic rings. The van der Waals surface area contributed by atoms with Crippen LogP contribution < -0.4 is 15.5 Å². The van der Waals surface area contributed by atoms with Crippen molar-refractivity contribution in [1.82, 2.24) is 5.32 Å². The van der Waals surface area contributed by atoms with Crippen molar-refractivity contribution in [3.05, 3.63) is 23.8 Å². The first-order chi connectivity index (χ1) is 8.34. The second kappa shape index (κ2) is 5.71. The third-order valence-electron chi connectivity index (χ3n) is 3.47. The van der Waals surface area contributed by atoms with Gasteiger partial charge < -0.3 is 15.5 Å². The normalized spacial score (nSPS) is 18.7. The topological polar surface area (TPSA) is 44.4 Å². The Morgan fingerprint density at radius 1 is 1.11 bits per heavy atom. The minimum atomic E-state index is 0. The van der Waals surface area contributed by atoms with Crippen LogP contribution in [0.25, 0.3) is 0 Å². The van der Waals surface area contributed by atoms with Gasteiger partial charge in [-0.2, -0.15) is 0 Å². The molecule has 2 aliphatic heterocycles. The van der Waals surface area contributed by atoms with E-state index in [4.69, 9.17) is 0 Å². The van der Waals surface area contributed by atoms with E-state index in [1.165, 1.54) is 11.3 Å². The average molecular weight is 312 g/mol. The first kappa shape index (κ1) is 13.4. The third-order valence-corrected chi connectivity index (χ3v) is 3.47. The molecule has 4 nitrogen and oxygen atoms in total. The zero-order chi connectivity index (χ0) is 11.7. The van der Waals surface area contributed by atoms with Crippen molar-refractivity contribution >= 4 is 34.3 Å². The largest absolute Gasteiger partial charge is 0.367 e. The summed E-state index contributed by atoms with van der Waals surface area (Å²) in [5, 5.41) is 6.37. The smallest absolute Gasteiger partial charge is 0.224 e. The standard InChI is InChI=1S/C13H17N3O.BrH/c17-12-5-4-10-2-1-3-11(13(10)15-12)16-8-6-14-7-9-16;/h1-3,14H,4-9H2,(H,15,17);1H. The van der Waals surface area contributed by atoms with E-state index in [0.29, 0.717) is 6.42 Å². The summed E-state index contributed by atoms with van der Waals surface area (Å²) in [6.45, 7) is 4.04. The number of rotatable bonds is 1. The highest BCUT2D eigenvalue weighted by atomic mass is 79.9. The number of nitrogens with zero attached hydrogens (tertiary/aromatic N) is 1. The molecule has 0 radical (unpaired) electrons. The van der Waals surface area contributed by atoms with Gasteiger partial charge in [-0.1, -0.05) is 12.1 Å². The van der Waals surface area contributed by atoms with E-state index < -0.39 is 0 Å². The van der Waals surface area contributed by atoms with E-state index in [1.54, 1.807) is 0 Å². The SMILES string of the molecule is Br.O=C1CCc2cccc(N3CCNCC3)c2N1. The van der Waals surface area contributed by atoms with E-state index in [2.05, 4.69) is 33.7 Å². The van der Waals surface area contributed by atoms with Gasteiger partial charge in [-0.05, 0) is 18.1 Å². The molecule has 2 N–H and O–H groups in total. The third kappa shape index (κ3) is 2.52. The molecule has 0 bridgehead atoms. The second-order valence-electron chi connectivity index (χ2n) is 4.60. The van der Waals surface area contributed by atoms with Gasteiger partial charge in [0.1, 0.15) is 0 Å². The molecule has 1 amide bonds. The number of carbonyl (C=O) groups is 1.